The van der Waals surface area contributed by atoms with Crippen molar-refractivity contribution in [2.45, 2.75) is 59.3 Å². The normalized spacial score (nSPS) is 33.3. The maximum Gasteiger partial charge on any atom is 0.230 e. The Morgan fingerprint density at radius 3 is 1.91 bits per heavy atom. The fraction of sp³-hybridized carbons (Fsp3) is 0.536. The number of likely N-dealkylation sites (tertiary alicyclic amines) is 2. The summed E-state index contributed by atoms with van der Waals surface area (Å²) in [6, 6.07) is 16.5. The molecule has 2 saturated heterocycles. The number of hydrogen-bond acceptors (Lipinski definition) is 4. The van der Waals surface area contributed by atoms with Gasteiger partial charge in [-0.15, -0.1) is 0 Å². The molecule has 3 fully saturated rings. The van der Waals surface area contributed by atoms with E-state index in [9.17, 15) is 4.79 Å². The Morgan fingerprint density at radius 1 is 0.818 bits per heavy atom. The van der Waals surface area contributed by atoms with E-state index < -0.39 is 0 Å². The second kappa shape index (κ2) is 7.76. The zero-order valence-corrected chi connectivity index (χ0v) is 20.6. The predicted octanol–water partition coefficient (Wildman–Crippen LogP) is 5.09. The van der Waals surface area contributed by atoms with Crippen LogP contribution in [0.1, 0.15) is 51.2 Å². The van der Waals surface area contributed by atoms with Crippen LogP contribution in [0.25, 0.3) is 0 Å². The quantitative estimate of drug-likeness (QED) is 0.617. The monoisotopic (exact) mass is 448 g/mol. The summed E-state index contributed by atoms with van der Waals surface area (Å²) in [6.45, 7) is 9.51. The second-order valence-corrected chi connectivity index (χ2v) is 11.5. The van der Waals surface area contributed by atoms with Crippen LogP contribution in [0.15, 0.2) is 48.5 Å². The van der Waals surface area contributed by atoms with Gasteiger partial charge in [0.1, 0.15) is 11.5 Å². The van der Waals surface area contributed by atoms with Crippen LogP contribution in [0, 0.1) is 16.2 Å². The van der Waals surface area contributed by atoms with Crippen molar-refractivity contribution < 1.29 is 14.3 Å². The van der Waals surface area contributed by atoms with Gasteiger partial charge < -0.3 is 14.4 Å². The van der Waals surface area contributed by atoms with Crippen molar-refractivity contribution in [1.82, 2.24) is 9.80 Å². The summed E-state index contributed by atoms with van der Waals surface area (Å²) < 4.78 is 10.7. The topological polar surface area (TPSA) is 42.0 Å². The van der Waals surface area contributed by atoms with Crippen molar-refractivity contribution in [3.05, 3.63) is 59.7 Å². The fourth-order valence-electron chi connectivity index (χ4n) is 7.68. The Bertz CT molecular complexity index is 1030. The molecular weight excluding hydrogens is 412 g/mol. The molecule has 2 aliphatic heterocycles. The van der Waals surface area contributed by atoms with Crippen LogP contribution in [-0.4, -0.2) is 42.6 Å². The van der Waals surface area contributed by atoms with Gasteiger partial charge in [-0.05, 0) is 60.1 Å². The molecule has 3 bridgehead atoms. The molecule has 1 amide bonds. The van der Waals surface area contributed by atoms with Gasteiger partial charge in [0.05, 0.1) is 20.4 Å². The smallest absolute Gasteiger partial charge is 0.230 e. The number of piperidine rings is 2. The lowest BCUT2D eigenvalue weighted by atomic mass is 9.48. The van der Waals surface area contributed by atoms with Crippen molar-refractivity contribution in [2.24, 2.45) is 16.2 Å². The highest BCUT2D eigenvalue weighted by Crippen LogP contribution is 2.64. The van der Waals surface area contributed by atoms with Gasteiger partial charge in [-0.1, -0.05) is 45.0 Å². The number of nitrogens with zero attached hydrogens (tertiary/aromatic N) is 2. The molecule has 0 N–H and O–H groups in total. The summed E-state index contributed by atoms with van der Waals surface area (Å²) in [5, 5.41) is 0. The van der Waals surface area contributed by atoms with Gasteiger partial charge in [0.25, 0.3) is 0 Å². The van der Waals surface area contributed by atoms with E-state index in [4.69, 9.17) is 9.47 Å². The number of carbonyl (C=O) groups is 1. The van der Waals surface area contributed by atoms with E-state index in [0.29, 0.717) is 12.5 Å². The first-order valence-electron chi connectivity index (χ1n) is 12.0. The number of rotatable bonds is 6. The van der Waals surface area contributed by atoms with Crippen molar-refractivity contribution in [3.8, 4) is 11.5 Å². The van der Waals surface area contributed by atoms with Gasteiger partial charge in [0.2, 0.25) is 5.91 Å². The minimum absolute atomic E-state index is 0.0762. The third-order valence-electron chi connectivity index (χ3n) is 8.12. The van der Waals surface area contributed by atoms with E-state index in [2.05, 4.69) is 54.8 Å². The summed E-state index contributed by atoms with van der Waals surface area (Å²) in [7, 11) is 3.38. The lowest BCUT2D eigenvalue weighted by Crippen LogP contribution is -2.74. The molecule has 4 atom stereocenters. The van der Waals surface area contributed by atoms with Gasteiger partial charge in [0, 0.05) is 30.5 Å². The zero-order chi connectivity index (χ0) is 23.4. The molecule has 5 rings (SSSR count). The zero-order valence-electron chi connectivity index (χ0n) is 20.6. The van der Waals surface area contributed by atoms with Crippen LogP contribution in [0.5, 0.6) is 11.5 Å². The highest BCUT2D eigenvalue weighted by Gasteiger charge is 2.65. The van der Waals surface area contributed by atoms with Crippen LogP contribution in [-0.2, 0) is 17.9 Å². The Hall–Kier alpha value is -2.53. The highest BCUT2D eigenvalue weighted by atomic mass is 16.5. The molecule has 33 heavy (non-hydrogen) atoms. The number of methoxy groups -OCH3 is 2. The molecule has 3 aliphatic rings. The molecule has 2 aromatic rings. The third kappa shape index (κ3) is 3.80. The molecule has 0 spiro atoms. The second-order valence-electron chi connectivity index (χ2n) is 11.5. The van der Waals surface area contributed by atoms with E-state index in [1.807, 2.05) is 24.3 Å². The first kappa shape index (κ1) is 22.3. The van der Waals surface area contributed by atoms with Gasteiger partial charge >= 0.3 is 0 Å². The SMILES string of the molecule is COc1ccc(CN2CC3(C)CC4(C)CC(C)(C3)C2N(Cc2ccc(OC)cc2)C4=O)cc1. The molecule has 176 valence electrons. The van der Waals surface area contributed by atoms with Crippen LogP contribution in [0.4, 0.5) is 0 Å². The highest BCUT2D eigenvalue weighted by molar-refractivity contribution is 5.84. The summed E-state index contributed by atoms with van der Waals surface area (Å²) in [6.07, 6.45) is 3.19. The van der Waals surface area contributed by atoms with E-state index in [1.54, 1.807) is 14.2 Å². The molecule has 1 saturated carbocycles. The number of hydrogen-bond donors (Lipinski definition) is 0. The van der Waals surface area contributed by atoms with Crippen LogP contribution in [0.2, 0.25) is 0 Å². The van der Waals surface area contributed by atoms with E-state index in [1.165, 1.54) is 12.0 Å². The summed E-state index contributed by atoms with van der Waals surface area (Å²) in [5.74, 6) is 2.03. The van der Waals surface area contributed by atoms with Gasteiger partial charge in [0.15, 0.2) is 0 Å². The molecule has 0 radical (unpaired) electrons. The van der Waals surface area contributed by atoms with Crippen molar-refractivity contribution in [1.29, 1.82) is 0 Å². The minimum atomic E-state index is -0.281. The average molecular weight is 449 g/mol. The lowest BCUT2D eigenvalue weighted by molar-refractivity contribution is -0.224. The molecular formula is C28H36N2O3. The number of fused-ring (bicyclic) bond motifs is 2. The Labute approximate surface area is 197 Å². The van der Waals surface area contributed by atoms with Gasteiger partial charge in [-0.3, -0.25) is 9.69 Å². The molecule has 4 unspecified atom stereocenters. The van der Waals surface area contributed by atoms with Crippen LogP contribution < -0.4 is 9.47 Å². The van der Waals surface area contributed by atoms with Crippen molar-refractivity contribution >= 4 is 5.91 Å². The first-order valence-corrected chi connectivity index (χ1v) is 12.0. The Balaban J connectivity index is 1.51. The van der Waals surface area contributed by atoms with Crippen molar-refractivity contribution in [2.75, 3.05) is 20.8 Å². The molecule has 2 aromatic carbocycles. The predicted molar refractivity (Wildman–Crippen MR) is 129 cm³/mol. The molecule has 2 heterocycles. The largest absolute Gasteiger partial charge is 0.497 e. The Kier molecular flexibility index (Phi) is 5.24. The number of ether oxygens (including phenoxy) is 2. The van der Waals surface area contributed by atoms with Gasteiger partial charge in [-0.2, -0.15) is 0 Å². The summed E-state index contributed by atoms with van der Waals surface area (Å²) in [5.41, 5.74) is 2.36. The van der Waals surface area contributed by atoms with Crippen molar-refractivity contribution in [3.63, 3.8) is 0 Å². The molecule has 5 nitrogen and oxygen atoms in total. The number of benzene rings is 2. The maximum absolute atomic E-state index is 14.0. The van der Waals surface area contributed by atoms with Crippen LogP contribution in [0.3, 0.4) is 0 Å². The van der Waals surface area contributed by atoms with E-state index >= 15 is 0 Å². The van der Waals surface area contributed by atoms with Gasteiger partial charge in [-0.25, -0.2) is 0 Å². The molecule has 0 aromatic heterocycles. The average Bonchev–Trinajstić information content (AvgIpc) is 2.76. The molecule has 1 aliphatic carbocycles. The summed E-state index contributed by atoms with van der Waals surface area (Å²) in [4.78, 5) is 18.8. The number of amides is 1. The number of carbonyl (C=O) groups excluding carboxylic acids is 1. The van der Waals surface area contributed by atoms with E-state index in [-0.39, 0.29) is 22.4 Å². The Morgan fingerprint density at radius 2 is 1.36 bits per heavy atom. The lowest BCUT2D eigenvalue weighted by Gasteiger charge is -2.68. The van der Waals surface area contributed by atoms with Crippen LogP contribution >= 0.6 is 0 Å². The fourth-order valence-corrected chi connectivity index (χ4v) is 7.68. The maximum atomic E-state index is 14.0. The molecule has 5 heteroatoms. The van der Waals surface area contributed by atoms with E-state index in [0.717, 1.165) is 43.0 Å². The minimum Gasteiger partial charge on any atom is -0.497 e. The summed E-state index contributed by atoms with van der Waals surface area (Å²) >= 11 is 0. The standard InChI is InChI=1S/C28H36N2O3/c1-26-16-27(2)18-28(3,17-26)25(31)30(15-21-8-12-23(33-5)13-9-21)24(27)29(19-26)14-20-6-10-22(32-4)11-7-20/h6-13,24H,14-19H2,1-5H3. The first-order chi connectivity index (χ1) is 15.7. The third-order valence-corrected chi connectivity index (χ3v) is 8.12.